The second-order valence-corrected chi connectivity index (χ2v) is 7.84. The van der Waals surface area contributed by atoms with Crippen molar-refractivity contribution in [2.75, 3.05) is 5.32 Å². The van der Waals surface area contributed by atoms with Gasteiger partial charge in [0.25, 0.3) is 15.0 Å². The lowest BCUT2D eigenvalue weighted by Crippen LogP contribution is -2.15. The molecule has 0 atom stereocenters. The molecule has 2 heterocycles. The van der Waals surface area contributed by atoms with Crippen LogP contribution in [0.3, 0.4) is 0 Å². The van der Waals surface area contributed by atoms with Crippen molar-refractivity contribution in [3.63, 3.8) is 0 Å². The average Bonchev–Trinajstić information content (AvgIpc) is 2.81. The number of anilines is 1. The molecule has 0 aliphatic carbocycles. The van der Waals surface area contributed by atoms with E-state index in [0.29, 0.717) is 11.4 Å². The van der Waals surface area contributed by atoms with Crippen LogP contribution in [0.25, 0.3) is 0 Å². The van der Waals surface area contributed by atoms with Gasteiger partial charge in [-0.25, -0.2) is 13.4 Å². The van der Waals surface area contributed by atoms with Crippen molar-refractivity contribution in [3.05, 3.63) is 23.1 Å². The van der Waals surface area contributed by atoms with Gasteiger partial charge in [0.05, 0.1) is 11.4 Å². The fraction of sp³-hybridized carbons (Fsp3) is 0.300. The Kier molecular flexibility index (Phi) is 3.85. The molecule has 1 amide bonds. The molecular weight excluding hydrogens is 324 g/mol. The minimum Gasteiger partial charge on any atom is -0.296 e. The standard InChI is InChI=1S/C10H11ClN4O3S2/c1-5-4-7(15(3)14-5)8(16)13-10-12-6(2)9(19-10)20(11,17)18/h4H,1-3H3,(H,12,13,16). The van der Waals surface area contributed by atoms with Gasteiger partial charge in [-0.2, -0.15) is 5.10 Å². The Morgan fingerprint density at radius 3 is 2.55 bits per heavy atom. The van der Waals surface area contributed by atoms with Crippen molar-refractivity contribution in [1.82, 2.24) is 14.8 Å². The van der Waals surface area contributed by atoms with E-state index in [9.17, 15) is 13.2 Å². The largest absolute Gasteiger partial charge is 0.296 e. The minimum absolute atomic E-state index is 0.0735. The van der Waals surface area contributed by atoms with Crippen LogP contribution in [0.1, 0.15) is 21.9 Å². The zero-order valence-corrected chi connectivity index (χ0v) is 13.2. The van der Waals surface area contributed by atoms with Gasteiger partial charge in [-0.3, -0.25) is 14.8 Å². The van der Waals surface area contributed by atoms with Crippen LogP contribution in [-0.2, 0) is 16.1 Å². The van der Waals surface area contributed by atoms with E-state index < -0.39 is 15.0 Å². The first-order chi connectivity index (χ1) is 9.18. The number of halogens is 1. The van der Waals surface area contributed by atoms with Crippen LogP contribution in [0.2, 0.25) is 0 Å². The van der Waals surface area contributed by atoms with Crippen LogP contribution in [0, 0.1) is 13.8 Å². The molecule has 0 spiro atoms. The smallest absolute Gasteiger partial charge is 0.275 e. The molecule has 2 aromatic heterocycles. The molecule has 0 unspecified atom stereocenters. The summed E-state index contributed by atoms with van der Waals surface area (Å²) in [5.74, 6) is -0.416. The molecule has 0 fully saturated rings. The van der Waals surface area contributed by atoms with Crippen LogP contribution in [0.4, 0.5) is 5.13 Å². The van der Waals surface area contributed by atoms with Gasteiger partial charge in [0.1, 0.15) is 5.69 Å². The molecular formula is C10H11ClN4O3S2. The first-order valence-electron chi connectivity index (χ1n) is 5.42. The first kappa shape index (κ1) is 14.9. The Bertz CT molecular complexity index is 779. The quantitative estimate of drug-likeness (QED) is 0.862. The van der Waals surface area contributed by atoms with Crippen LogP contribution >= 0.6 is 22.0 Å². The molecule has 2 aromatic rings. The fourth-order valence-corrected chi connectivity index (χ4v) is 3.99. The van der Waals surface area contributed by atoms with Gasteiger partial charge in [0.2, 0.25) is 0 Å². The summed E-state index contributed by atoms with van der Waals surface area (Å²) in [5.41, 5.74) is 1.31. The second kappa shape index (κ2) is 5.15. The summed E-state index contributed by atoms with van der Waals surface area (Å²) < 4.78 is 23.9. The number of rotatable bonds is 3. The highest BCUT2D eigenvalue weighted by molar-refractivity contribution is 8.15. The molecule has 0 saturated carbocycles. The monoisotopic (exact) mass is 334 g/mol. The first-order valence-corrected chi connectivity index (χ1v) is 8.55. The van der Waals surface area contributed by atoms with Crippen molar-refractivity contribution in [3.8, 4) is 0 Å². The second-order valence-electron chi connectivity index (χ2n) is 4.08. The summed E-state index contributed by atoms with van der Waals surface area (Å²) in [7, 11) is 3.06. The number of nitrogens with one attached hydrogen (secondary N) is 1. The molecule has 2 rings (SSSR count). The van der Waals surface area contributed by atoms with Gasteiger partial charge in [-0.05, 0) is 19.9 Å². The van der Waals surface area contributed by atoms with Crippen molar-refractivity contribution in [2.24, 2.45) is 7.05 Å². The van der Waals surface area contributed by atoms with Gasteiger partial charge in [0.15, 0.2) is 9.34 Å². The Morgan fingerprint density at radius 1 is 1.45 bits per heavy atom. The van der Waals surface area contributed by atoms with E-state index >= 15 is 0 Å². The number of carbonyl (C=O) groups excluding carboxylic acids is 1. The molecule has 0 bridgehead atoms. The zero-order valence-electron chi connectivity index (χ0n) is 10.8. The van der Waals surface area contributed by atoms with Gasteiger partial charge >= 0.3 is 0 Å². The highest BCUT2D eigenvalue weighted by atomic mass is 35.7. The highest BCUT2D eigenvalue weighted by Gasteiger charge is 2.21. The van der Waals surface area contributed by atoms with Crippen molar-refractivity contribution in [2.45, 2.75) is 18.1 Å². The molecule has 108 valence electrons. The minimum atomic E-state index is -3.86. The summed E-state index contributed by atoms with van der Waals surface area (Å²) >= 11 is 0.809. The Labute approximate surface area is 124 Å². The Morgan fingerprint density at radius 2 is 2.10 bits per heavy atom. The Hall–Kier alpha value is -1.45. The third-order valence-corrected chi connectivity index (χ3v) is 5.68. The molecule has 0 radical (unpaired) electrons. The summed E-state index contributed by atoms with van der Waals surface area (Å²) in [6.45, 7) is 3.28. The molecule has 20 heavy (non-hydrogen) atoms. The van der Waals surface area contributed by atoms with Gasteiger partial charge in [0, 0.05) is 17.7 Å². The lowest BCUT2D eigenvalue weighted by Gasteiger charge is -2.00. The molecule has 0 saturated heterocycles. The topological polar surface area (TPSA) is 94.0 Å². The van der Waals surface area contributed by atoms with Gasteiger partial charge in [-0.1, -0.05) is 11.3 Å². The third-order valence-electron chi connectivity index (χ3n) is 2.43. The van der Waals surface area contributed by atoms with Crippen LogP contribution in [-0.4, -0.2) is 29.1 Å². The van der Waals surface area contributed by atoms with E-state index in [1.807, 2.05) is 0 Å². The fourth-order valence-electron chi connectivity index (χ4n) is 1.65. The highest BCUT2D eigenvalue weighted by Crippen LogP contribution is 2.29. The Balaban J connectivity index is 2.27. The molecule has 0 aliphatic rings. The number of hydrogen-bond acceptors (Lipinski definition) is 6. The van der Waals surface area contributed by atoms with E-state index in [0.717, 1.165) is 11.3 Å². The number of aryl methyl sites for hydroxylation is 3. The average molecular weight is 335 g/mol. The zero-order chi connectivity index (χ0) is 15.1. The van der Waals surface area contributed by atoms with Crippen LogP contribution in [0.5, 0.6) is 0 Å². The number of nitrogens with zero attached hydrogens (tertiary/aromatic N) is 3. The van der Waals surface area contributed by atoms with E-state index in [1.54, 1.807) is 20.0 Å². The predicted octanol–water partition coefficient (Wildman–Crippen LogP) is 1.67. The van der Waals surface area contributed by atoms with Crippen LogP contribution in [0.15, 0.2) is 10.3 Å². The summed E-state index contributed by atoms with van der Waals surface area (Å²) in [5, 5.41) is 6.76. The van der Waals surface area contributed by atoms with Crippen molar-refractivity contribution < 1.29 is 13.2 Å². The summed E-state index contributed by atoms with van der Waals surface area (Å²) in [6, 6.07) is 1.62. The number of amides is 1. The maximum atomic E-state index is 12.0. The van der Waals surface area contributed by atoms with E-state index in [4.69, 9.17) is 10.7 Å². The van der Waals surface area contributed by atoms with Crippen molar-refractivity contribution >= 4 is 42.1 Å². The molecule has 10 heteroatoms. The molecule has 0 aromatic carbocycles. The SMILES string of the molecule is Cc1cc(C(=O)Nc2nc(C)c(S(=O)(=O)Cl)s2)n(C)n1. The summed E-state index contributed by atoms with van der Waals surface area (Å²) in [4.78, 5) is 16.0. The molecule has 0 aliphatic heterocycles. The van der Waals surface area contributed by atoms with E-state index in [2.05, 4.69) is 15.4 Å². The summed E-state index contributed by atoms with van der Waals surface area (Å²) in [6.07, 6.45) is 0. The van der Waals surface area contributed by atoms with Gasteiger partial charge < -0.3 is 0 Å². The normalized spacial score (nSPS) is 11.6. The van der Waals surface area contributed by atoms with E-state index in [1.165, 1.54) is 11.6 Å². The van der Waals surface area contributed by atoms with Gasteiger partial charge in [-0.15, -0.1) is 0 Å². The number of hydrogen-bond donors (Lipinski definition) is 1. The number of aromatic nitrogens is 3. The lowest BCUT2D eigenvalue weighted by atomic mass is 10.3. The maximum Gasteiger partial charge on any atom is 0.275 e. The maximum absolute atomic E-state index is 12.0. The van der Waals surface area contributed by atoms with E-state index in [-0.39, 0.29) is 15.0 Å². The van der Waals surface area contributed by atoms with Crippen molar-refractivity contribution in [1.29, 1.82) is 0 Å². The number of thiazole rings is 1. The lowest BCUT2D eigenvalue weighted by molar-refractivity contribution is 0.101. The number of carbonyl (C=O) groups is 1. The predicted molar refractivity (Wildman–Crippen MR) is 75.8 cm³/mol. The third kappa shape index (κ3) is 3.00. The molecule has 7 nitrogen and oxygen atoms in total. The van der Waals surface area contributed by atoms with Crippen LogP contribution < -0.4 is 5.32 Å². The molecule has 1 N–H and O–H groups in total.